The number of imidazole rings is 1. The van der Waals surface area contributed by atoms with Gasteiger partial charge in [0.25, 0.3) is 0 Å². The van der Waals surface area contributed by atoms with Crippen LogP contribution in [0.1, 0.15) is 53.0 Å². The zero-order valence-corrected chi connectivity index (χ0v) is 25.7. The van der Waals surface area contributed by atoms with Gasteiger partial charge in [0, 0.05) is 57.3 Å². The number of aryl methyl sites for hydroxylation is 1. The number of nitrogens with one attached hydrogen (secondary N) is 1. The lowest BCUT2D eigenvalue weighted by Gasteiger charge is -2.40. The summed E-state index contributed by atoms with van der Waals surface area (Å²) in [6, 6.07) is 8.61. The van der Waals surface area contributed by atoms with Crippen LogP contribution in [0.15, 0.2) is 49.1 Å². The Balaban J connectivity index is 1.36. The lowest BCUT2D eigenvalue weighted by molar-refractivity contribution is -0.0155. The van der Waals surface area contributed by atoms with Crippen molar-refractivity contribution in [2.45, 2.75) is 31.0 Å². The molecule has 43 heavy (non-hydrogen) atoms. The Kier molecular flexibility index (Phi) is 8.56. The highest BCUT2D eigenvalue weighted by Gasteiger charge is 2.36. The van der Waals surface area contributed by atoms with Crippen molar-refractivity contribution in [2.75, 3.05) is 45.6 Å². The van der Waals surface area contributed by atoms with Crippen molar-refractivity contribution < 1.29 is 22.7 Å². The fraction of sp³-hybridized carbons (Fsp3) is 0.433. The highest BCUT2D eigenvalue weighted by atomic mass is 35.5. The smallest absolute Gasteiger partial charge is 0.410 e. The first-order valence-corrected chi connectivity index (χ1v) is 16.6. The van der Waals surface area contributed by atoms with E-state index in [0.29, 0.717) is 50.1 Å². The second-order valence-corrected chi connectivity index (χ2v) is 13.4. The molecule has 0 bridgehead atoms. The van der Waals surface area contributed by atoms with E-state index >= 15 is 0 Å². The average Bonchev–Trinajstić information content (AvgIpc) is 3.36. The monoisotopic (exact) mass is 626 g/mol. The van der Waals surface area contributed by atoms with E-state index < -0.39 is 16.1 Å². The number of piperazine rings is 1. The Morgan fingerprint density at radius 3 is 2.63 bits per heavy atom. The molecule has 2 saturated heterocycles. The molecule has 3 aromatic rings. The number of ether oxygens (including phenoxy) is 2. The van der Waals surface area contributed by atoms with Crippen LogP contribution < -0.4 is 4.72 Å². The summed E-state index contributed by atoms with van der Waals surface area (Å²) in [5, 5.41) is 0.533. The van der Waals surface area contributed by atoms with E-state index in [9.17, 15) is 13.2 Å². The van der Waals surface area contributed by atoms with Crippen LogP contribution in [0.4, 0.5) is 4.79 Å². The van der Waals surface area contributed by atoms with Crippen LogP contribution in [0.2, 0.25) is 5.02 Å². The molecule has 2 unspecified atom stereocenters. The molecule has 2 aromatic heterocycles. The first-order valence-electron chi connectivity index (χ1n) is 14.3. The van der Waals surface area contributed by atoms with Gasteiger partial charge in [-0.25, -0.2) is 22.9 Å². The van der Waals surface area contributed by atoms with E-state index in [-0.39, 0.29) is 18.2 Å². The van der Waals surface area contributed by atoms with Gasteiger partial charge in [-0.3, -0.25) is 9.88 Å². The molecular formula is C30H35ClN6O5S. The third-order valence-electron chi connectivity index (χ3n) is 8.23. The molecule has 0 radical (unpaired) electrons. The summed E-state index contributed by atoms with van der Waals surface area (Å²) >= 11 is 6.59. The van der Waals surface area contributed by atoms with Gasteiger partial charge >= 0.3 is 6.09 Å². The lowest BCUT2D eigenvalue weighted by Crippen LogP contribution is -2.51. The van der Waals surface area contributed by atoms with Gasteiger partial charge in [-0.15, -0.1) is 0 Å². The summed E-state index contributed by atoms with van der Waals surface area (Å²) in [7, 11) is -1.79. The predicted octanol–water partition coefficient (Wildman–Crippen LogP) is 3.64. The predicted molar refractivity (Wildman–Crippen MR) is 163 cm³/mol. The Hall–Kier alpha value is -3.29. The van der Waals surface area contributed by atoms with Gasteiger partial charge < -0.3 is 18.9 Å². The van der Waals surface area contributed by atoms with Gasteiger partial charge in [-0.05, 0) is 46.5 Å². The van der Waals surface area contributed by atoms with E-state index in [4.69, 9.17) is 26.1 Å². The summed E-state index contributed by atoms with van der Waals surface area (Å²) in [4.78, 5) is 26.1. The number of carbonyl (C=O) groups is 1. The van der Waals surface area contributed by atoms with Gasteiger partial charge in [0.1, 0.15) is 6.10 Å². The molecule has 3 aliphatic rings. The molecule has 1 aromatic carbocycles. The van der Waals surface area contributed by atoms with Gasteiger partial charge in [-0.2, -0.15) is 0 Å². The number of benzene rings is 1. The number of rotatable bonds is 6. The normalized spacial score (nSPS) is 20.5. The molecule has 13 heteroatoms. The van der Waals surface area contributed by atoms with Gasteiger partial charge in [0.05, 0.1) is 55.5 Å². The maximum atomic E-state index is 13.0. The number of nitrogens with zero attached hydrogens (tertiary/aromatic N) is 5. The molecule has 228 valence electrons. The molecule has 0 saturated carbocycles. The maximum Gasteiger partial charge on any atom is 0.410 e. The highest BCUT2D eigenvalue weighted by Crippen LogP contribution is 2.44. The Labute approximate surface area is 256 Å². The molecule has 1 aliphatic carbocycles. The largest absolute Gasteiger partial charge is 0.446 e. The van der Waals surface area contributed by atoms with Crippen molar-refractivity contribution in [3.05, 3.63) is 82.2 Å². The molecule has 0 spiro atoms. The molecule has 2 atom stereocenters. The van der Waals surface area contributed by atoms with Crippen LogP contribution >= 0.6 is 11.6 Å². The average molecular weight is 627 g/mol. The van der Waals surface area contributed by atoms with Crippen LogP contribution in [0.25, 0.3) is 11.6 Å². The number of pyridine rings is 1. The minimum Gasteiger partial charge on any atom is -0.446 e. The van der Waals surface area contributed by atoms with Crippen molar-refractivity contribution in [3.63, 3.8) is 0 Å². The standard InChI is InChI=1S/C30H35ClN6O5S/c1-35-19-32-18-26(35)28(34-43(2,39)40)25-16-20-4-3-9-33-27(20)29(23-6-5-21(31)17-24(23)25)36-10-12-37(13-11-36)30(38)42-22-7-14-41-15-8-22/h3-6,9,16-19,22,28-29,34H,7-8,10-15H2,1-2H3. The van der Waals surface area contributed by atoms with Crippen LogP contribution in [-0.4, -0.2) is 90.6 Å². The number of aromatic nitrogens is 3. The quantitative estimate of drug-likeness (QED) is 0.441. The summed E-state index contributed by atoms with van der Waals surface area (Å²) in [5.74, 6) is 0. The number of carbonyl (C=O) groups excluding carboxylic acids is 1. The first kappa shape index (κ1) is 29.8. The first-order chi connectivity index (χ1) is 20.7. The Morgan fingerprint density at radius 2 is 1.93 bits per heavy atom. The minimum absolute atomic E-state index is 0.105. The van der Waals surface area contributed by atoms with Gasteiger partial charge in [0.15, 0.2) is 0 Å². The molecule has 11 nitrogen and oxygen atoms in total. The van der Waals surface area contributed by atoms with Crippen molar-refractivity contribution in [1.82, 2.24) is 29.1 Å². The summed E-state index contributed by atoms with van der Waals surface area (Å²) in [6.07, 6.45) is 9.28. The van der Waals surface area contributed by atoms with E-state index in [1.807, 2.05) is 43.5 Å². The zero-order valence-electron chi connectivity index (χ0n) is 24.1. The second-order valence-electron chi connectivity index (χ2n) is 11.2. The number of hydrogen-bond donors (Lipinski definition) is 1. The third kappa shape index (κ3) is 6.48. The molecular weight excluding hydrogens is 592 g/mol. The van der Waals surface area contributed by atoms with Crippen LogP contribution in [0.5, 0.6) is 0 Å². The number of amides is 1. The summed E-state index contributed by atoms with van der Waals surface area (Å²) in [5.41, 5.74) is 4.92. The SMILES string of the molecule is Cn1cncc1C(NS(C)(=O)=O)C1=Cc2cccnc2C(N2CCN(C(=O)OC3CCOCC3)CC2)c2ccc(Cl)cc21. The van der Waals surface area contributed by atoms with Crippen molar-refractivity contribution in [3.8, 4) is 0 Å². The molecule has 1 N–H and O–H groups in total. The highest BCUT2D eigenvalue weighted by molar-refractivity contribution is 7.88. The van der Waals surface area contributed by atoms with E-state index in [1.165, 1.54) is 0 Å². The molecule has 2 fully saturated rings. The topological polar surface area (TPSA) is 119 Å². The van der Waals surface area contributed by atoms with Crippen molar-refractivity contribution in [2.24, 2.45) is 7.05 Å². The third-order valence-corrected chi connectivity index (χ3v) is 9.13. The second kappa shape index (κ2) is 12.4. The Morgan fingerprint density at radius 1 is 1.16 bits per heavy atom. The van der Waals surface area contributed by atoms with Crippen molar-refractivity contribution in [1.29, 1.82) is 0 Å². The van der Waals surface area contributed by atoms with Gasteiger partial charge in [-0.1, -0.05) is 23.7 Å². The van der Waals surface area contributed by atoms with E-state index in [1.54, 1.807) is 28.2 Å². The van der Waals surface area contributed by atoms with E-state index in [0.717, 1.165) is 47.1 Å². The molecule has 6 rings (SSSR count). The fourth-order valence-corrected chi connectivity index (χ4v) is 6.96. The van der Waals surface area contributed by atoms with Crippen LogP contribution in [0, 0.1) is 0 Å². The minimum atomic E-state index is -3.62. The van der Waals surface area contributed by atoms with Crippen molar-refractivity contribution >= 4 is 39.4 Å². The number of fused-ring (bicyclic) bond motifs is 2. The van der Waals surface area contributed by atoms with Crippen LogP contribution in [0.3, 0.4) is 0 Å². The number of hydrogen-bond acceptors (Lipinski definition) is 8. The van der Waals surface area contributed by atoms with Crippen LogP contribution in [-0.2, 0) is 26.5 Å². The zero-order chi connectivity index (χ0) is 30.1. The number of halogens is 1. The summed E-state index contributed by atoms with van der Waals surface area (Å²) in [6.45, 7) is 3.46. The van der Waals surface area contributed by atoms with E-state index in [2.05, 4.69) is 14.6 Å². The Bertz CT molecular complexity index is 1630. The lowest BCUT2D eigenvalue weighted by atomic mass is 9.90. The molecule has 2 aliphatic heterocycles. The maximum absolute atomic E-state index is 13.0. The summed E-state index contributed by atoms with van der Waals surface area (Å²) < 4.78 is 41.1. The molecule has 4 heterocycles. The van der Waals surface area contributed by atoms with Gasteiger partial charge in [0.2, 0.25) is 10.0 Å². The fourth-order valence-electron chi connectivity index (χ4n) is 6.11. The molecule has 1 amide bonds. The number of sulfonamides is 1.